The highest BCUT2D eigenvalue weighted by Gasteiger charge is 2.09. The molecule has 154 valence electrons. The van der Waals surface area contributed by atoms with Crippen LogP contribution in [0.15, 0.2) is 102 Å². The number of rotatable bonds is 7. The fourth-order valence-corrected chi connectivity index (χ4v) is 3.04. The van der Waals surface area contributed by atoms with Gasteiger partial charge in [-0.3, -0.25) is 9.59 Å². The predicted molar refractivity (Wildman–Crippen MR) is 120 cm³/mol. The Hall–Kier alpha value is -4.19. The van der Waals surface area contributed by atoms with E-state index in [0.29, 0.717) is 23.7 Å². The molecular weight excluding hydrogens is 390 g/mol. The molecule has 1 heterocycles. The number of nitrogens with zero attached hydrogens (tertiary/aromatic N) is 2. The van der Waals surface area contributed by atoms with Crippen molar-refractivity contribution in [1.82, 2.24) is 9.78 Å². The summed E-state index contributed by atoms with van der Waals surface area (Å²) in [6, 6.07) is 29.6. The van der Waals surface area contributed by atoms with Gasteiger partial charge in [0.25, 0.3) is 5.56 Å². The second-order valence-electron chi connectivity index (χ2n) is 6.93. The maximum Gasteiger partial charge on any atom is 0.267 e. The zero-order valence-corrected chi connectivity index (χ0v) is 16.8. The molecule has 0 aliphatic rings. The van der Waals surface area contributed by atoms with Crippen molar-refractivity contribution in [2.24, 2.45) is 0 Å². The first-order valence-corrected chi connectivity index (χ1v) is 9.88. The molecule has 0 aliphatic carbocycles. The third-order valence-electron chi connectivity index (χ3n) is 4.62. The summed E-state index contributed by atoms with van der Waals surface area (Å²) in [5.41, 5.74) is 2.87. The SMILES string of the molecule is O=C(Cn1nc(-c2ccccc2)ccc1=O)Nc1ccc(OCc2ccccc2)cc1. The highest BCUT2D eigenvalue weighted by Crippen LogP contribution is 2.17. The molecule has 0 aliphatic heterocycles. The molecule has 0 fully saturated rings. The number of hydrogen-bond donors (Lipinski definition) is 1. The molecule has 1 N–H and O–H groups in total. The highest BCUT2D eigenvalue weighted by atomic mass is 16.5. The summed E-state index contributed by atoms with van der Waals surface area (Å²) in [6.45, 7) is 0.296. The first-order valence-electron chi connectivity index (χ1n) is 9.88. The number of amides is 1. The maximum atomic E-state index is 12.4. The molecule has 0 radical (unpaired) electrons. The van der Waals surface area contributed by atoms with Gasteiger partial charge in [-0.1, -0.05) is 60.7 Å². The molecule has 6 nitrogen and oxygen atoms in total. The summed E-state index contributed by atoms with van der Waals surface area (Å²) in [5, 5.41) is 7.10. The number of aromatic nitrogens is 2. The van der Waals surface area contributed by atoms with Crippen LogP contribution in [0.5, 0.6) is 5.75 Å². The van der Waals surface area contributed by atoms with Crippen molar-refractivity contribution in [1.29, 1.82) is 0 Å². The minimum absolute atomic E-state index is 0.175. The van der Waals surface area contributed by atoms with Gasteiger partial charge in [0.2, 0.25) is 5.91 Å². The molecule has 1 aromatic heterocycles. The predicted octanol–water partition coefficient (Wildman–Crippen LogP) is 4.13. The molecule has 3 aromatic carbocycles. The van der Waals surface area contributed by atoms with Crippen LogP contribution >= 0.6 is 0 Å². The molecule has 4 aromatic rings. The number of hydrogen-bond acceptors (Lipinski definition) is 4. The number of ether oxygens (including phenoxy) is 1. The average molecular weight is 411 g/mol. The Balaban J connectivity index is 1.37. The van der Waals surface area contributed by atoms with Crippen LogP contribution in [0.4, 0.5) is 5.69 Å². The van der Waals surface area contributed by atoms with E-state index in [-0.39, 0.29) is 18.0 Å². The van der Waals surface area contributed by atoms with Crippen molar-refractivity contribution in [3.63, 3.8) is 0 Å². The van der Waals surface area contributed by atoms with Gasteiger partial charge in [-0.15, -0.1) is 0 Å². The molecule has 0 unspecified atom stereocenters. The second-order valence-corrected chi connectivity index (χ2v) is 6.93. The molecule has 31 heavy (non-hydrogen) atoms. The average Bonchev–Trinajstić information content (AvgIpc) is 2.81. The van der Waals surface area contributed by atoms with E-state index in [1.165, 1.54) is 6.07 Å². The fraction of sp³-hybridized carbons (Fsp3) is 0.0800. The van der Waals surface area contributed by atoms with Crippen molar-refractivity contribution in [3.8, 4) is 17.0 Å². The van der Waals surface area contributed by atoms with Crippen molar-refractivity contribution in [3.05, 3.63) is 113 Å². The van der Waals surface area contributed by atoms with Crippen LogP contribution in [0, 0.1) is 0 Å². The van der Waals surface area contributed by atoms with Crippen LogP contribution in [-0.2, 0) is 17.9 Å². The molecule has 0 atom stereocenters. The summed E-state index contributed by atoms with van der Waals surface area (Å²) in [6.07, 6.45) is 0. The van der Waals surface area contributed by atoms with Gasteiger partial charge in [0.15, 0.2) is 0 Å². The molecule has 0 spiro atoms. The lowest BCUT2D eigenvalue weighted by atomic mass is 10.1. The topological polar surface area (TPSA) is 73.2 Å². The van der Waals surface area contributed by atoms with Crippen LogP contribution in [0.2, 0.25) is 0 Å². The summed E-state index contributed by atoms with van der Waals surface area (Å²) in [7, 11) is 0. The zero-order valence-electron chi connectivity index (χ0n) is 16.8. The smallest absolute Gasteiger partial charge is 0.267 e. The van der Waals surface area contributed by atoms with Gasteiger partial charge in [-0.05, 0) is 35.9 Å². The number of anilines is 1. The van der Waals surface area contributed by atoms with Crippen molar-refractivity contribution in [2.75, 3.05) is 5.32 Å². The Morgan fingerprint density at radius 1 is 0.839 bits per heavy atom. The normalized spacial score (nSPS) is 10.5. The second kappa shape index (κ2) is 9.54. The molecule has 1 amide bonds. The molecule has 0 bridgehead atoms. The van der Waals surface area contributed by atoms with Gasteiger partial charge in [0, 0.05) is 17.3 Å². The number of benzene rings is 3. The van der Waals surface area contributed by atoms with Gasteiger partial charge >= 0.3 is 0 Å². The third kappa shape index (κ3) is 5.45. The number of carbonyl (C=O) groups is 1. The first-order chi connectivity index (χ1) is 15.2. The lowest BCUT2D eigenvalue weighted by Gasteiger charge is -2.10. The molecule has 4 rings (SSSR count). The maximum absolute atomic E-state index is 12.4. The Morgan fingerprint density at radius 2 is 1.52 bits per heavy atom. The quantitative estimate of drug-likeness (QED) is 0.496. The number of nitrogens with one attached hydrogen (secondary N) is 1. The Kier molecular flexibility index (Phi) is 6.18. The van der Waals surface area contributed by atoms with Crippen LogP contribution in [0.1, 0.15) is 5.56 Å². The largest absolute Gasteiger partial charge is 0.489 e. The molecule has 6 heteroatoms. The van der Waals surface area contributed by atoms with E-state index in [9.17, 15) is 9.59 Å². The van der Waals surface area contributed by atoms with Crippen LogP contribution in [-0.4, -0.2) is 15.7 Å². The molecular formula is C25H21N3O3. The van der Waals surface area contributed by atoms with E-state index >= 15 is 0 Å². The summed E-state index contributed by atoms with van der Waals surface area (Å²) >= 11 is 0. The van der Waals surface area contributed by atoms with E-state index in [2.05, 4.69) is 10.4 Å². The van der Waals surface area contributed by atoms with Crippen molar-refractivity contribution < 1.29 is 9.53 Å². The summed E-state index contributed by atoms with van der Waals surface area (Å²) in [5.74, 6) is 0.369. The first kappa shape index (κ1) is 20.1. The zero-order chi connectivity index (χ0) is 21.5. The minimum atomic E-state index is -0.335. The third-order valence-corrected chi connectivity index (χ3v) is 4.62. The standard InChI is InChI=1S/C25H21N3O3/c29-24(17-28-25(30)16-15-23(27-28)20-9-5-2-6-10-20)26-21-11-13-22(14-12-21)31-18-19-7-3-1-4-8-19/h1-16H,17-18H2,(H,26,29). The monoisotopic (exact) mass is 411 g/mol. The van der Waals surface area contributed by atoms with Gasteiger partial charge in [-0.25, -0.2) is 4.68 Å². The van der Waals surface area contributed by atoms with Crippen LogP contribution < -0.4 is 15.6 Å². The van der Waals surface area contributed by atoms with E-state index in [4.69, 9.17) is 4.74 Å². The molecule has 0 saturated carbocycles. The Bertz CT molecular complexity index is 1200. The van der Waals surface area contributed by atoms with E-state index < -0.39 is 0 Å². The van der Waals surface area contributed by atoms with Gasteiger partial charge in [0.1, 0.15) is 18.9 Å². The lowest BCUT2D eigenvalue weighted by Crippen LogP contribution is -2.29. The lowest BCUT2D eigenvalue weighted by molar-refractivity contribution is -0.117. The van der Waals surface area contributed by atoms with Gasteiger partial charge in [-0.2, -0.15) is 5.10 Å². The highest BCUT2D eigenvalue weighted by molar-refractivity contribution is 5.90. The van der Waals surface area contributed by atoms with E-state index in [1.54, 1.807) is 30.3 Å². The van der Waals surface area contributed by atoms with Crippen molar-refractivity contribution >= 4 is 11.6 Å². The van der Waals surface area contributed by atoms with E-state index in [0.717, 1.165) is 15.8 Å². The van der Waals surface area contributed by atoms with Crippen LogP contribution in [0.25, 0.3) is 11.3 Å². The van der Waals surface area contributed by atoms with Crippen LogP contribution in [0.3, 0.4) is 0 Å². The fourth-order valence-electron chi connectivity index (χ4n) is 3.04. The number of carbonyl (C=O) groups excluding carboxylic acids is 1. The Morgan fingerprint density at radius 3 is 2.23 bits per heavy atom. The van der Waals surface area contributed by atoms with Crippen molar-refractivity contribution in [2.45, 2.75) is 13.2 Å². The molecule has 0 saturated heterocycles. The summed E-state index contributed by atoms with van der Waals surface area (Å²) in [4.78, 5) is 24.6. The minimum Gasteiger partial charge on any atom is -0.489 e. The van der Waals surface area contributed by atoms with Gasteiger partial charge in [0.05, 0.1) is 5.69 Å². The summed E-state index contributed by atoms with van der Waals surface area (Å²) < 4.78 is 6.91. The van der Waals surface area contributed by atoms with E-state index in [1.807, 2.05) is 60.7 Å². The Labute approximate surface area is 179 Å². The van der Waals surface area contributed by atoms with Gasteiger partial charge < -0.3 is 10.1 Å².